The van der Waals surface area contributed by atoms with Crippen LogP contribution >= 0.6 is 0 Å². The number of amides is 1. The van der Waals surface area contributed by atoms with E-state index in [1.807, 2.05) is 24.3 Å². The molecule has 3 rings (SSSR count). The molecule has 2 N–H and O–H groups in total. The molecule has 4 heteroatoms. The third kappa shape index (κ3) is 2.64. The zero-order valence-corrected chi connectivity index (χ0v) is 10.9. The lowest BCUT2D eigenvalue weighted by Gasteiger charge is -2.12. The first-order valence-corrected chi connectivity index (χ1v) is 6.59. The molecule has 0 spiro atoms. The number of carbonyl (C=O) groups excluding carboxylic acids is 1. The Morgan fingerprint density at radius 1 is 1.20 bits per heavy atom. The van der Waals surface area contributed by atoms with Crippen LogP contribution in [0, 0.1) is 5.82 Å². The van der Waals surface area contributed by atoms with Gasteiger partial charge in [-0.15, -0.1) is 0 Å². The monoisotopic (exact) mass is 270 g/mol. The van der Waals surface area contributed by atoms with Crippen LogP contribution in [0.1, 0.15) is 11.1 Å². The van der Waals surface area contributed by atoms with Gasteiger partial charge in [-0.2, -0.15) is 0 Å². The summed E-state index contributed by atoms with van der Waals surface area (Å²) in [7, 11) is 0. The van der Waals surface area contributed by atoms with Crippen LogP contribution in [0.5, 0.6) is 0 Å². The molecule has 0 fully saturated rings. The van der Waals surface area contributed by atoms with Gasteiger partial charge in [-0.1, -0.05) is 30.3 Å². The van der Waals surface area contributed by atoms with Crippen molar-refractivity contribution in [2.45, 2.75) is 19.0 Å². The number of benzene rings is 2. The second-order valence-electron chi connectivity index (χ2n) is 4.90. The molecule has 0 bridgehead atoms. The SMILES string of the molecule is O=C(NCc1ccc(F)cc1)[C@@H]1Cc2ccccc2N1. The van der Waals surface area contributed by atoms with E-state index >= 15 is 0 Å². The fourth-order valence-electron chi connectivity index (χ4n) is 2.37. The molecule has 102 valence electrons. The van der Waals surface area contributed by atoms with Crippen molar-refractivity contribution in [2.75, 3.05) is 5.32 Å². The van der Waals surface area contributed by atoms with Gasteiger partial charge >= 0.3 is 0 Å². The average molecular weight is 270 g/mol. The molecule has 1 aliphatic rings. The van der Waals surface area contributed by atoms with Gasteiger partial charge in [0.05, 0.1) is 0 Å². The van der Waals surface area contributed by atoms with Gasteiger partial charge < -0.3 is 10.6 Å². The van der Waals surface area contributed by atoms with Crippen LogP contribution in [0.3, 0.4) is 0 Å². The van der Waals surface area contributed by atoms with Crippen molar-refractivity contribution in [3.8, 4) is 0 Å². The van der Waals surface area contributed by atoms with Crippen molar-refractivity contribution < 1.29 is 9.18 Å². The van der Waals surface area contributed by atoms with E-state index in [1.54, 1.807) is 12.1 Å². The summed E-state index contributed by atoms with van der Waals surface area (Å²) in [5.41, 5.74) is 3.07. The molecule has 0 radical (unpaired) electrons. The molecular weight excluding hydrogens is 255 g/mol. The Balaban J connectivity index is 1.57. The Kier molecular flexibility index (Phi) is 3.37. The Hall–Kier alpha value is -2.36. The van der Waals surface area contributed by atoms with Gasteiger partial charge in [0.1, 0.15) is 11.9 Å². The largest absolute Gasteiger partial charge is 0.373 e. The minimum Gasteiger partial charge on any atom is -0.373 e. The van der Waals surface area contributed by atoms with Gasteiger partial charge in [0.25, 0.3) is 0 Å². The quantitative estimate of drug-likeness (QED) is 0.899. The molecule has 0 aromatic heterocycles. The van der Waals surface area contributed by atoms with E-state index in [2.05, 4.69) is 10.6 Å². The number of carbonyl (C=O) groups is 1. The van der Waals surface area contributed by atoms with Gasteiger partial charge in [-0.25, -0.2) is 4.39 Å². The number of rotatable bonds is 3. The molecule has 2 aromatic carbocycles. The van der Waals surface area contributed by atoms with Gasteiger partial charge in [0.2, 0.25) is 5.91 Å². The molecule has 0 saturated carbocycles. The summed E-state index contributed by atoms with van der Waals surface area (Å²) >= 11 is 0. The van der Waals surface area contributed by atoms with Gasteiger partial charge in [-0.3, -0.25) is 4.79 Å². The van der Waals surface area contributed by atoms with Crippen LogP contribution in [-0.2, 0) is 17.8 Å². The van der Waals surface area contributed by atoms with Gasteiger partial charge in [0.15, 0.2) is 0 Å². The van der Waals surface area contributed by atoms with Crippen LogP contribution in [0.4, 0.5) is 10.1 Å². The summed E-state index contributed by atoms with van der Waals surface area (Å²) in [5, 5.41) is 6.08. The Morgan fingerprint density at radius 2 is 1.95 bits per heavy atom. The average Bonchev–Trinajstić information content (AvgIpc) is 2.90. The van der Waals surface area contributed by atoms with Crippen molar-refractivity contribution in [3.05, 3.63) is 65.5 Å². The normalized spacial score (nSPS) is 16.4. The van der Waals surface area contributed by atoms with E-state index in [1.165, 1.54) is 12.1 Å². The Bertz CT molecular complexity index is 600. The molecule has 20 heavy (non-hydrogen) atoms. The maximum atomic E-state index is 12.8. The second kappa shape index (κ2) is 5.33. The molecule has 1 atom stereocenters. The van der Waals surface area contributed by atoms with E-state index < -0.39 is 0 Å². The number of hydrogen-bond donors (Lipinski definition) is 2. The van der Waals surface area contributed by atoms with E-state index in [-0.39, 0.29) is 17.8 Å². The van der Waals surface area contributed by atoms with E-state index in [0.29, 0.717) is 13.0 Å². The molecule has 0 aliphatic carbocycles. The minimum atomic E-state index is -0.270. The van der Waals surface area contributed by atoms with Crippen molar-refractivity contribution in [3.63, 3.8) is 0 Å². The molecule has 3 nitrogen and oxygen atoms in total. The molecule has 0 unspecified atom stereocenters. The predicted molar refractivity (Wildman–Crippen MR) is 75.8 cm³/mol. The summed E-state index contributed by atoms with van der Waals surface area (Å²) < 4.78 is 12.8. The molecular formula is C16H15FN2O. The van der Waals surface area contributed by atoms with Crippen molar-refractivity contribution >= 4 is 11.6 Å². The van der Waals surface area contributed by atoms with Crippen LogP contribution < -0.4 is 10.6 Å². The maximum absolute atomic E-state index is 12.8. The molecule has 1 heterocycles. The Morgan fingerprint density at radius 3 is 2.70 bits per heavy atom. The fraction of sp³-hybridized carbons (Fsp3) is 0.188. The smallest absolute Gasteiger partial charge is 0.243 e. The highest BCUT2D eigenvalue weighted by Crippen LogP contribution is 2.25. The zero-order valence-electron chi connectivity index (χ0n) is 10.9. The fourth-order valence-corrected chi connectivity index (χ4v) is 2.37. The highest BCUT2D eigenvalue weighted by Gasteiger charge is 2.25. The van der Waals surface area contributed by atoms with Crippen LogP contribution in [0.25, 0.3) is 0 Å². The van der Waals surface area contributed by atoms with E-state index in [4.69, 9.17) is 0 Å². The van der Waals surface area contributed by atoms with Crippen molar-refractivity contribution in [1.82, 2.24) is 5.32 Å². The maximum Gasteiger partial charge on any atom is 0.243 e. The summed E-state index contributed by atoms with van der Waals surface area (Å²) in [5.74, 6) is -0.307. The highest BCUT2D eigenvalue weighted by atomic mass is 19.1. The molecule has 0 saturated heterocycles. The predicted octanol–water partition coefficient (Wildman–Crippen LogP) is 2.48. The number of anilines is 1. The number of halogens is 1. The first kappa shape index (κ1) is 12.7. The molecule has 2 aromatic rings. The van der Waals surface area contributed by atoms with Crippen LogP contribution in [-0.4, -0.2) is 11.9 Å². The second-order valence-corrected chi connectivity index (χ2v) is 4.90. The van der Waals surface area contributed by atoms with Crippen molar-refractivity contribution in [2.24, 2.45) is 0 Å². The number of hydrogen-bond acceptors (Lipinski definition) is 2. The minimum absolute atomic E-state index is 0.0366. The van der Waals surface area contributed by atoms with Gasteiger partial charge in [-0.05, 0) is 29.3 Å². The van der Waals surface area contributed by atoms with Crippen LogP contribution in [0.15, 0.2) is 48.5 Å². The zero-order chi connectivity index (χ0) is 13.9. The van der Waals surface area contributed by atoms with Gasteiger partial charge in [0, 0.05) is 18.7 Å². The highest BCUT2D eigenvalue weighted by molar-refractivity contribution is 5.87. The van der Waals surface area contributed by atoms with E-state index in [9.17, 15) is 9.18 Å². The summed E-state index contributed by atoms with van der Waals surface area (Å²) in [6, 6.07) is 13.8. The number of para-hydroxylation sites is 1. The summed E-state index contributed by atoms with van der Waals surface area (Å²) in [4.78, 5) is 12.1. The third-order valence-corrected chi connectivity index (χ3v) is 3.47. The summed E-state index contributed by atoms with van der Waals surface area (Å²) in [6.45, 7) is 0.410. The standard InChI is InChI=1S/C16H15FN2O/c17-13-7-5-11(6-8-13)10-18-16(20)15-9-12-3-1-2-4-14(12)19-15/h1-8,15,19H,9-10H2,(H,18,20)/t15-/m0/s1. The summed E-state index contributed by atoms with van der Waals surface area (Å²) in [6.07, 6.45) is 0.700. The molecule has 1 amide bonds. The lowest BCUT2D eigenvalue weighted by molar-refractivity contribution is -0.121. The first-order chi connectivity index (χ1) is 9.72. The van der Waals surface area contributed by atoms with Crippen LogP contribution in [0.2, 0.25) is 0 Å². The first-order valence-electron chi connectivity index (χ1n) is 6.59. The van der Waals surface area contributed by atoms with E-state index in [0.717, 1.165) is 16.8 Å². The number of nitrogens with one attached hydrogen (secondary N) is 2. The van der Waals surface area contributed by atoms with Crippen molar-refractivity contribution in [1.29, 1.82) is 0 Å². The lowest BCUT2D eigenvalue weighted by Crippen LogP contribution is -2.38. The third-order valence-electron chi connectivity index (χ3n) is 3.47. The molecule has 1 aliphatic heterocycles. The lowest BCUT2D eigenvalue weighted by atomic mass is 10.1. The topological polar surface area (TPSA) is 41.1 Å². The Labute approximate surface area is 116 Å². The number of fused-ring (bicyclic) bond motifs is 1.